The largest absolute Gasteiger partial charge is 0.497 e. The summed E-state index contributed by atoms with van der Waals surface area (Å²) in [5, 5.41) is 21.4. The number of thioether (sulfide) groups is 1. The van der Waals surface area contributed by atoms with Crippen LogP contribution in [0.4, 0.5) is 0 Å². The molecule has 32 heavy (non-hydrogen) atoms. The van der Waals surface area contributed by atoms with Crippen LogP contribution in [0.2, 0.25) is 0 Å². The highest BCUT2D eigenvalue weighted by molar-refractivity contribution is 7.99. The number of carboxylic acids is 1. The molecule has 0 saturated carbocycles. The molecule has 1 aliphatic heterocycles. The Hall–Kier alpha value is -1.83. The molecule has 7 heteroatoms. The fourth-order valence-electron chi connectivity index (χ4n) is 4.73. The molecule has 1 aromatic carbocycles. The molecule has 1 saturated heterocycles. The molecule has 6 nitrogen and oxygen atoms in total. The summed E-state index contributed by atoms with van der Waals surface area (Å²) in [5.41, 5.74) is 1.69. The Labute approximate surface area is 195 Å². The highest BCUT2D eigenvalue weighted by Gasteiger charge is 2.31. The normalized spacial score (nSPS) is 20.3. The minimum absolute atomic E-state index is 0.138. The third-order valence-electron chi connectivity index (χ3n) is 6.46. The van der Waals surface area contributed by atoms with E-state index in [0.29, 0.717) is 12.3 Å². The predicted octanol–water partition coefficient (Wildman–Crippen LogP) is 4.61. The number of aliphatic hydroxyl groups excluding tert-OH is 1. The number of benzene rings is 1. The summed E-state index contributed by atoms with van der Waals surface area (Å²) >= 11 is 1.97. The van der Waals surface area contributed by atoms with Crippen LogP contribution in [0.25, 0.3) is 10.9 Å². The first kappa shape index (κ1) is 24.8. The van der Waals surface area contributed by atoms with Crippen molar-refractivity contribution in [3.05, 3.63) is 36.0 Å². The van der Waals surface area contributed by atoms with E-state index in [0.717, 1.165) is 60.4 Å². The zero-order valence-corrected chi connectivity index (χ0v) is 20.0. The molecule has 1 aliphatic rings. The van der Waals surface area contributed by atoms with Crippen LogP contribution in [0, 0.1) is 11.8 Å². The van der Waals surface area contributed by atoms with Gasteiger partial charge in [-0.15, -0.1) is 0 Å². The van der Waals surface area contributed by atoms with Crippen LogP contribution < -0.4 is 4.74 Å². The van der Waals surface area contributed by atoms with Crippen molar-refractivity contribution in [3.63, 3.8) is 0 Å². The van der Waals surface area contributed by atoms with Gasteiger partial charge in [-0.1, -0.05) is 6.92 Å². The number of methoxy groups -OCH3 is 1. The van der Waals surface area contributed by atoms with Crippen molar-refractivity contribution in [1.29, 1.82) is 0 Å². The number of rotatable bonds is 12. The lowest BCUT2D eigenvalue weighted by Gasteiger charge is -2.38. The average molecular weight is 461 g/mol. The number of nitrogens with zero attached hydrogens (tertiary/aromatic N) is 2. The molecule has 2 N–H and O–H groups in total. The van der Waals surface area contributed by atoms with Crippen molar-refractivity contribution in [2.75, 3.05) is 38.2 Å². The van der Waals surface area contributed by atoms with Gasteiger partial charge in [0.25, 0.3) is 0 Å². The van der Waals surface area contributed by atoms with Gasteiger partial charge in [0.1, 0.15) is 5.75 Å². The number of aromatic nitrogens is 1. The summed E-state index contributed by atoms with van der Waals surface area (Å²) in [7, 11) is 1.63. The van der Waals surface area contributed by atoms with Gasteiger partial charge in [-0.05, 0) is 79.6 Å². The lowest BCUT2D eigenvalue weighted by atomic mass is 9.79. The minimum Gasteiger partial charge on any atom is -0.497 e. The number of ether oxygens (including phenoxy) is 1. The van der Waals surface area contributed by atoms with Gasteiger partial charge in [0.15, 0.2) is 0 Å². The fraction of sp³-hybridized carbons (Fsp3) is 0.600. The number of hydrogen-bond acceptors (Lipinski definition) is 6. The number of aliphatic hydroxyl groups is 1. The quantitative estimate of drug-likeness (QED) is 0.448. The number of piperidine rings is 1. The van der Waals surface area contributed by atoms with Crippen LogP contribution in [-0.4, -0.2) is 64.3 Å². The molecule has 176 valence electrons. The van der Waals surface area contributed by atoms with E-state index in [4.69, 9.17) is 4.74 Å². The summed E-state index contributed by atoms with van der Waals surface area (Å²) in [4.78, 5) is 18.3. The van der Waals surface area contributed by atoms with Crippen LogP contribution >= 0.6 is 11.8 Å². The maximum atomic E-state index is 11.5. The zero-order valence-electron chi connectivity index (χ0n) is 19.2. The average Bonchev–Trinajstić information content (AvgIpc) is 2.80. The van der Waals surface area contributed by atoms with Gasteiger partial charge < -0.3 is 19.8 Å². The van der Waals surface area contributed by atoms with Gasteiger partial charge in [0.2, 0.25) is 0 Å². The second kappa shape index (κ2) is 12.4. The maximum Gasteiger partial charge on any atom is 0.303 e. The highest BCUT2D eigenvalue weighted by atomic mass is 32.2. The first-order valence-corrected chi connectivity index (χ1v) is 12.8. The molecule has 3 atom stereocenters. The van der Waals surface area contributed by atoms with Gasteiger partial charge >= 0.3 is 5.97 Å². The number of carboxylic acid groups (broad SMARTS) is 1. The molecule has 1 fully saturated rings. The summed E-state index contributed by atoms with van der Waals surface area (Å²) in [6.45, 7) is 5.08. The molecule has 1 aromatic heterocycles. The summed E-state index contributed by atoms with van der Waals surface area (Å²) in [6, 6.07) is 7.57. The highest BCUT2D eigenvalue weighted by Crippen LogP contribution is 2.34. The SMILES string of the molecule is CCCSCCN1CC[C@@H](CC[C@@H](O)c2ccnc3ccc(OC)cc23)[C@@H](CC(=O)O)C1. The Morgan fingerprint density at radius 1 is 1.31 bits per heavy atom. The second-order valence-corrected chi connectivity index (χ2v) is 9.92. The van der Waals surface area contributed by atoms with Crippen LogP contribution in [0.3, 0.4) is 0 Å². The van der Waals surface area contributed by atoms with Crippen LogP contribution in [0.5, 0.6) is 5.75 Å². The summed E-state index contributed by atoms with van der Waals surface area (Å²) < 4.78 is 5.34. The van der Waals surface area contributed by atoms with Crippen molar-refractivity contribution < 1.29 is 19.7 Å². The Morgan fingerprint density at radius 3 is 2.91 bits per heavy atom. The molecule has 0 bridgehead atoms. The number of carbonyl (C=O) groups is 1. The van der Waals surface area contributed by atoms with E-state index >= 15 is 0 Å². The standard InChI is InChI=1S/C25H36N2O4S/c1-3-13-32-14-12-27-11-9-18(19(17-27)15-25(29)30)4-7-24(28)21-8-10-26-23-6-5-20(31-2)16-22(21)23/h5-6,8,10,16,18-19,24,28H,3-4,7,9,11-15,17H2,1-2H3,(H,29,30)/t18-,19+,24-/m1/s1. The van der Waals surface area contributed by atoms with Crippen LogP contribution in [0.1, 0.15) is 50.7 Å². The summed E-state index contributed by atoms with van der Waals surface area (Å²) in [6.07, 6.45) is 4.95. The molecule has 2 heterocycles. The molecule has 0 radical (unpaired) electrons. The van der Waals surface area contributed by atoms with Crippen molar-refractivity contribution in [3.8, 4) is 5.75 Å². The third kappa shape index (κ3) is 6.83. The minimum atomic E-state index is -0.727. The number of likely N-dealkylation sites (tertiary alicyclic amines) is 1. The molecule has 0 aliphatic carbocycles. The van der Waals surface area contributed by atoms with Gasteiger partial charge in [-0.25, -0.2) is 0 Å². The van der Waals surface area contributed by atoms with Crippen LogP contribution in [-0.2, 0) is 4.79 Å². The van der Waals surface area contributed by atoms with Gasteiger partial charge in [-0.3, -0.25) is 9.78 Å². The molecule has 0 spiro atoms. The molecule has 3 rings (SSSR count). The van der Waals surface area contributed by atoms with Crippen molar-refractivity contribution in [2.24, 2.45) is 11.8 Å². The van der Waals surface area contributed by atoms with Gasteiger partial charge in [0, 0.05) is 36.8 Å². The first-order valence-electron chi connectivity index (χ1n) is 11.6. The lowest BCUT2D eigenvalue weighted by molar-refractivity contribution is -0.139. The number of hydrogen-bond donors (Lipinski definition) is 2. The smallest absolute Gasteiger partial charge is 0.303 e. The molecule has 0 unspecified atom stereocenters. The van der Waals surface area contributed by atoms with E-state index in [1.165, 1.54) is 12.2 Å². The number of fused-ring (bicyclic) bond motifs is 1. The summed E-state index contributed by atoms with van der Waals surface area (Å²) in [5.74, 6) is 2.76. The lowest BCUT2D eigenvalue weighted by Crippen LogP contribution is -2.42. The van der Waals surface area contributed by atoms with Crippen LogP contribution in [0.15, 0.2) is 30.5 Å². The Kier molecular flexibility index (Phi) is 9.63. The van der Waals surface area contributed by atoms with E-state index in [2.05, 4.69) is 16.8 Å². The Balaban J connectivity index is 1.62. The van der Waals surface area contributed by atoms with E-state index in [-0.39, 0.29) is 12.3 Å². The predicted molar refractivity (Wildman–Crippen MR) is 130 cm³/mol. The molecular weight excluding hydrogens is 424 g/mol. The van der Waals surface area contributed by atoms with E-state index < -0.39 is 12.1 Å². The molecule has 0 amide bonds. The second-order valence-electron chi connectivity index (χ2n) is 8.70. The van der Waals surface area contributed by atoms with E-state index in [9.17, 15) is 15.0 Å². The topological polar surface area (TPSA) is 82.9 Å². The van der Waals surface area contributed by atoms with Crippen molar-refractivity contribution in [2.45, 2.75) is 45.1 Å². The van der Waals surface area contributed by atoms with Gasteiger partial charge in [-0.2, -0.15) is 11.8 Å². The Morgan fingerprint density at radius 2 is 2.16 bits per heavy atom. The maximum absolute atomic E-state index is 11.5. The monoisotopic (exact) mass is 460 g/mol. The molecule has 2 aromatic rings. The third-order valence-corrected chi connectivity index (χ3v) is 7.63. The first-order chi connectivity index (χ1) is 15.5. The molecular formula is C25H36N2O4S. The Bertz CT molecular complexity index is 878. The van der Waals surface area contributed by atoms with Crippen molar-refractivity contribution in [1.82, 2.24) is 9.88 Å². The van der Waals surface area contributed by atoms with Gasteiger partial charge in [0.05, 0.1) is 18.7 Å². The van der Waals surface area contributed by atoms with E-state index in [1.807, 2.05) is 36.0 Å². The zero-order chi connectivity index (χ0) is 22.9. The van der Waals surface area contributed by atoms with Crippen molar-refractivity contribution >= 4 is 28.6 Å². The number of aliphatic carboxylic acids is 1. The number of pyridine rings is 1. The van der Waals surface area contributed by atoms with E-state index in [1.54, 1.807) is 13.3 Å². The fourth-order valence-corrected chi connectivity index (χ4v) is 5.61.